The van der Waals surface area contributed by atoms with Crippen LogP contribution in [0.2, 0.25) is 0 Å². The lowest BCUT2D eigenvalue weighted by molar-refractivity contribution is -0.387. The van der Waals surface area contributed by atoms with Crippen molar-refractivity contribution in [2.24, 2.45) is 5.14 Å². The molecule has 0 heterocycles. The molecular formula is C10H15N3O6S2. The Hall–Kier alpha value is -1.56. The summed E-state index contributed by atoms with van der Waals surface area (Å²) >= 11 is 0. The standard InChI is InChI=1S/C10H15N3O6S2/c1-8-4-2-5-9(13(14)15)10(8)21(18,19)12-6-3-7-20(11,16)17/h2,4-5,12H,3,6-7H2,1H3,(H2,11,16,17). The zero-order valence-electron chi connectivity index (χ0n) is 11.1. The van der Waals surface area contributed by atoms with E-state index in [-0.39, 0.29) is 24.3 Å². The van der Waals surface area contributed by atoms with Crippen LogP contribution in [0.25, 0.3) is 0 Å². The molecule has 0 unspecified atom stereocenters. The second kappa shape index (κ2) is 6.47. The van der Waals surface area contributed by atoms with Gasteiger partial charge in [0.05, 0.1) is 10.7 Å². The van der Waals surface area contributed by atoms with Gasteiger partial charge in [-0.2, -0.15) is 0 Å². The number of aryl methyl sites for hydroxylation is 1. The molecule has 1 rings (SSSR count). The molecule has 118 valence electrons. The smallest absolute Gasteiger partial charge is 0.258 e. The van der Waals surface area contributed by atoms with Gasteiger partial charge in [0.15, 0.2) is 4.90 Å². The molecule has 0 atom stereocenters. The maximum Gasteiger partial charge on any atom is 0.289 e. The Morgan fingerprint density at radius 1 is 1.29 bits per heavy atom. The third-order valence-corrected chi connectivity index (χ3v) is 5.06. The molecule has 0 aromatic heterocycles. The summed E-state index contributed by atoms with van der Waals surface area (Å²) in [5.74, 6) is -0.384. The van der Waals surface area contributed by atoms with Crippen molar-refractivity contribution in [2.75, 3.05) is 12.3 Å². The summed E-state index contributed by atoms with van der Waals surface area (Å²) in [6.07, 6.45) is -0.0300. The molecule has 0 aliphatic heterocycles. The van der Waals surface area contributed by atoms with E-state index in [0.29, 0.717) is 0 Å². The first-order valence-corrected chi connectivity index (χ1v) is 8.98. The van der Waals surface area contributed by atoms with Gasteiger partial charge in [-0.1, -0.05) is 12.1 Å². The molecule has 0 aliphatic rings. The topological polar surface area (TPSA) is 149 Å². The minimum absolute atomic E-state index is 0.0300. The van der Waals surface area contributed by atoms with Crippen molar-refractivity contribution in [3.05, 3.63) is 33.9 Å². The van der Waals surface area contributed by atoms with Gasteiger partial charge in [0.25, 0.3) is 5.69 Å². The summed E-state index contributed by atoms with van der Waals surface area (Å²) < 4.78 is 47.8. The number of rotatable bonds is 7. The Bertz CT molecular complexity index is 742. The molecule has 3 N–H and O–H groups in total. The van der Waals surface area contributed by atoms with Crippen LogP contribution in [-0.4, -0.2) is 34.1 Å². The molecule has 1 aromatic rings. The highest BCUT2D eigenvalue weighted by atomic mass is 32.2. The van der Waals surface area contributed by atoms with E-state index in [1.807, 2.05) is 0 Å². The van der Waals surface area contributed by atoms with Gasteiger partial charge in [0.2, 0.25) is 20.0 Å². The molecule has 11 heteroatoms. The van der Waals surface area contributed by atoms with Gasteiger partial charge in [0.1, 0.15) is 0 Å². The van der Waals surface area contributed by atoms with Crippen molar-refractivity contribution in [3.63, 3.8) is 0 Å². The van der Waals surface area contributed by atoms with Crippen LogP contribution in [0.15, 0.2) is 23.1 Å². The van der Waals surface area contributed by atoms with Crippen molar-refractivity contribution >= 4 is 25.7 Å². The number of nitrogens with one attached hydrogen (secondary N) is 1. The van der Waals surface area contributed by atoms with Crippen molar-refractivity contribution < 1.29 is 21.8 Å². The highest BCUT2D eigenvalue weighted by Gasteiger charge is 2.27. The molecule has 0 radical (unpaired) electrons. The highest BCUT2D eigenvalue weighted by molar-refractivity contribution is 7.89. The minimum atomic E-state index is -4.11. The number of sulfonamides is 2. The maximum absolute atomic E-state index is 12.1. The van der Waals surface area contributed by atoms with E-state index in [9.17, 15) is 26.9 Å². The summed E-state index contributed by atoms with van der Waals surface area (Å²) in [6, 6.07) is 3.91. The first kappa shape index (κ1) is 17.5. The fraction of sp³-hybridized carbons (Fsp3) is 0.400. The maximum atomic E-state index is 12.1. The highest BCUT2D eigenvalue weighted by Crippen LogP contribution is 2.26. The molecule has 21 heavy (non-hydrogen) atoms. The van der Waals surface area contributed by atoms with Crippen LogP contribution in [0.5, 0.6) is 0 Å². The number of primary sulfonamides is 1. The van der Waals surface area contributed by atoms with Crippen molar-refractivity contribution in [1.29, 1.82) is 0 Å². The Morgan fingerprint density at radius 3 is 2.43 bits per heavy atom. The third-order valence-electron chi connectivity index (χ3n) is 2.55. The van der Waals surface area contributed by atoms with Crippen molar-refractivity contribution in [1.82, 2.24) is 4.72 Å². The van der Waals surface area contributed by atoms with E-state index < -0.39 is 35.6 Å². The van der Waals surface area contributed by atoms with E-state index in [1.165, 1.54) is 19.1 Å². The van der Waals surface area contributed by atoms with Crippen LogP contribution in [0.4, 0.5) is 5.69 Å². The molecule has 0 aliphatic carbocycles. The van der Waals surface area contributed by atoms with E-state index in [2.05, 4.69) is 4.72 Å². The van der Waals surface area contributed by atoms with E-state index in [4.69, 9.17) is 5.14 Å². The second-order valence-electron chi connectivity index (χ2n) is 4.30. The first-order valence-electron chi connectivity index (χ1n) is 5.79. The van der Waals surface area contributed by atoms with Gasteiger partial charge in [-0.05, 0) is 18.9 Å². The quantitative estimate of drug-likeness (QED) is 0.401. The Labute approximate surface area is 122 Å². The lowest BCUT2D eigenvalue weighted by atomic mass is 10.2. The second-order valence-corrected chi connectivity index (χ2v) is 7.74. The van der Waals surface area contributed by atoms with Crippen LogP contribution in [-0.2, 0) is 20.0 Å². The SMILES string of the molecule is Cc1cccc([N+](=O)[O-])c1S(=O)(=O)NCCCS(N)(=O)=O. The van der Waals surface area contributed by atoms with Crippen molar-refractivity contribution in [2.45, 2.75) is 18.2 Å². The molecule has 0 saturated carbocycles. The predicted molar refractivity (Wildman–Crippen MR) is 75.6 cm³/mol. The zero-order chi connectivity index (χ0) is 16.3. The lowest BCUT2D eigenvalue weighted by Crippen LogP contribution is -2.28. The fourth-order valence-electron chi connectivity index (χ4n) is 1.68. The molecule has 0 fully saturated rings. The number of nitro groups is 1. The summed E-state index contributed by atoms with van der Waals surface area (Å²) in [5, 5.41) is 15.7. The van der Waals surface area contributed by atoms with Gasteiger partial charge in [0, 0.05) is 12.6 Å². The third kappa shape index (κ3) is 5.04. The number of hydrogen-bond donors (Lipinski definition) is 2. The average Bonchev–Trinajstić information content (AvgIpc) is 2.33. The fourth-order valence-corrected chi connectivity index (χ4v) is 3.70. The van der Waals surface area contributed by atoms with Gasteiger partial charge in [-0.3, -0.25) is 10.1 Å². The Balaban J connectivity index is 2.96. The normalized spacial score (nSPS) is 12.3. The van der Waals surface area contributed by atoms with Crippen LogP contribution in [0.1, 0.15) is 12.0 Å². The average molecular weight is 337 g/mol. The summed E-state index contributed by atoms with van der Waals surface area (Å²) in [5.41, 5.74) is -0.308. The lowest BCUT2D eigenvalue weighted by Gasteiger charge is -2.09. The molecule has 0 bridgehead atoms. The summed E-state index contributed by atoms with van der Waals surface area (Å²) in [6.45, 7) is 1.25. The molecule has 9 nitrogen and oxygen atoms in total. The van der Waals surface area contributed by atoms with Crippen LogP contribution >= 0.6 is 0 Å². The van der Waals surface area contributed by atoms with Gasteiger partial charge in [-0.25, -0.2) is 26.7 Å². The number of nitrogens with zero attached hydrogens (tertiary/aromatic N) is 1. The molecule has 0 amide bonds. The van der Waals surface area contributed by atoms with E-state index in [0.717, 1.165) is 6.07 Å². The van der Waals surface area contributed by atoms with E-state index in [1.54, 1.807) is 0 Å². The van der Waals surface area contributed by atoms with Gasteiger partial charge in [-0.15, -0.1) is 0 Å². The number of nitrogens with two attached hydrogens (primary N) is 1. The number of benzene rings is 1. The molecule has 0 saturated heterocycles. The summed E-state index contributed by atoms with van der Waals surface area (Å²) in [7, 11) is -7.79. The predicted octanol–water partition coefficient (Wildman–Crippen LogP) is -0.140. The van der Waals surface area contributed by atoms with Crippen LogP contribution in [0.3, 0.4) is 0 Å². The van der Waals surface area contributed by atoms with Gasteiger partial charge < -0.3 is 0 Å². The van der Waals surface area contributed by atoms with Crippen LogP contribution in [0, 0.1) is 17.0 Å². The number of hydrogen-bond acceptors (Lipinski definition) is 6. The first-order chi connectivity index (χ1) is 9.54. The Kier molecular flexibility index (Phi) is 5.39. The Morgan fingerprint density at radius 2 is 1.90 bits per heavy atom. The van der Waals surface area contributed by atoms with Gasteiger partial charge >= 0.3 is 0 Å². The molecule has 1 aromatic carbocycles. The minimum Gasteiger partial charge on any atom is -0.258 e. The summed E-state index contributed by atoms with van der Waals surface area (Å²) in [4.78, 5) is 9.69. The van der Waals surface area contributed by atoms with E-state index >= 15 is 0 Å². The van der Waals surface area contributed by atoms with Crippen molar-refractivity contribution in [3.8, 4) is 0 Å². The van der Waals surface area contributed by atoms with Crippen LogP contribution < -0.4 is 9.86 Å². The zero-order valence-corrected chi connectivity index (χ0v) is 12.8. The molecule has 0 spiro atoms. The molecular weight excluding hydrogens is 322 g/mol. The monoisotopic (exact) mass is 337 g/mol. The number of nitro benzene ring substituents is 1. The largest absolute Gasteiger partial charge is 0.289 e.